The fraction of sp³-hybridized carbons (Fsp3) is 0.164. The van der Waals surface area contributed by atoms with E-state index in [9.17, 15) is 0 Å². The van der Waals surface area contributed by atoms with E-state index >= 15 is 0 Å². The summed E-state index contributed by atoms with van der Waals surface area (Å²) in [4.78, 5) is 4.81. The van der Waals surface area contributed by atoms with Gasteiger partial charge in [-0.05, 0) is 150 Å². The number of aryl methyl sites for hydroxylation is 3. The molecule has 57 heavy (non-hydrogen) atoms. The van der Waals surface area contributed by atoms with Gasteiger partial charge in [-0.1, -0.05) is 129 Å². The van der Waals surface area contributed by atoms with E-state index < -0.39 is 0 Å². The first-order valence-electron chi connectivity index (χ1n) is 20.3. The molecular formula is C55H48N2. The van der Waals surface area contributed by atoms with Gasteiger partial charge in [0.05, 0.1) is 5.69 Å². The number of benzene rings is 8. The fourth-order valence-corrected chi connectivity index (χ4v) is 9.65. The molecule has 0 spiro atoms. The van der Waals surface area contributed by atoms with Gasteiger partial charge in [0.25, 0.3) is 0 Å². The van der Waals surface area contributed by atoms with E-state index in [0.717, 1.165) is 28.4 Å². The van der Waals surface area contributed by atoms with Crippen LogP contribution in [0, 0.1) is 20.8 Å². The van der Waals surface area contributed by atoms with Gasteiger partial charge in [-0.15, -0.1) is 0 Å². The van der Waals surface area contributed by atoms with Crippen molar-refractivity contribution in [2.75, 3.05) is 9.80 Å². The topological polar surface area (TPSA) is 6.48 Å². The lowest BCUT2D eigenvalue weighted by atomic mass is 9.79. The van der Waals surface area contributed by atoms with E-state index in [0.29, 0.717) is 0 Å². The maximum atomic E-state index is 2.54. The van der Waals surface area contributed by atoms with Crippen LogP contribution in [0.5, 0.6) is 0 Å². The molecule has 0 fully saturated rings. The van der Waals surface area contributed by atoms with E-state index in [4.69, 9.17) is 0 Å². The Morgan fingerprint density at radius 1 is 0.333 bits per heavy atom. The second-order valence-electron chi connectivity index (χ2n) is 17.3. The fourth-order valence-electron chi connectivity index (χ4n) is 9.65. The van der Waals surface area contributed by atoms with Gasteiger partial charge in [0.2, 0.25) is 0 Å². The molecule has 0 aromatic heterocycles. The summed E-state index contributed by atoms with van der Waals surface area (Å²) in [5.41, 5.74) is 21.4. The average Bonchev–Trinajstić information content (AvgIpc) is 3.59. The van der Waals surface area contributed by atoms with Gasteiger partial charge in [-0.25, -0.2) is 0 Å². The number of hydrogen-bond acceptors (Lipinski definition) is 2. The highest BCUT2D eigenvalue weighted by molar-refractivity contribution is 6.10. The Morgan fingerprint density at radius 2 is 0.737 bits per heavy atom. The first-order chi connectivity index (χ1) is 27.5. The van der Waals surface area contributed by atoms with Crippen LogP contribution in [-0.2, 0) is 10.8 Å². The minimum Gasteiger partial charge on any atom is -0.311 e. The molecule has 0 unspecified atom stereocenters. The Hall–Kier alpha value is -6.38. The monoisotopic (exact) mass is 736 g/mol. The molecule has 10 rings (SSSR count). The molecule has 278 valence electrons. The minimum absolute atomic E-state index is 0.0630. The van der Waals surface area contributed by atoms with Crippen LogP contribution in [0.2, 0.25) is 0 Å². The molecule has 8 aromatic rings. The summed E-state index contributed by atoms with van der Waals surface area (Å²) in [5, 5.41) is 2.54. The lowest BCUT2D eigenvalue weighted by molar-refractivity contribution is 0.652. The molecule has 2 heteroatoms. The lowest BCUT2D eigenvalue weighted by Crippen LogP contribution is -2.18. The van der Waals surface area contributed by atoms with Crippen LogP contribution in [-0.4, -0.2) is 0 Å². The zero-order chi connectivity index (χ0) is 39.2. The third kappa shape index (κ3) is 5.46. The molecule has 0 radical (unpaired) electrons. The van der Waals surface area contributed by atoms with E-state index in [1.54, 1.807) is 0 Å². The second-order valence-corrected chi connectivity index (χ2v) is 17.3. The van der Waals surface area contributed by atoms with Crippen molar-refractivity contribution in [2.24, 2.45) is 0 Å². The van der Waals surface area contributed by atoms with Crippen molar-refractivity contribution in [3.63, 3.8) is 0 Å². The minimum atomic E-state index is -0.203. The summed E-state index contributed by atoms with van der Waals surface area (Å²) in [7, 11) is 0. The second kappa shape index (κ2) is 12.8. The molecule has 0 aliphatic heterocycles. The molecule has 2 aliphatic rings. The number of nitrogens with zero attached hydrogens (tertiary/aromatic N) is 2. The van der Waals surface area contributed by atoms with Crippen LogP contribution in [0.1, 0.15) is 66.6 Å². The summed E-state index contributed by atoms with van der Waals surface area (Å²) in [6.07, 6.45) is 0. The molecule has 0 saturated heterocycles. The van der Waals surface area contributed by atoms with Crippen LogP contribution in [0.4, 0.5) is 34.1 Å². The van der Waals surface area contributed by atoms with Gasteiger partial charge in [-0.3, -0.25) is 0 Å². The van der Waals surface area contributed by atoms with Crippen molar-refractivity contribution in [3.8, 4) is 22.3 Å². The first kappa shape index (κ1) is 35.1. The normalized spacial score (nSPS) is 14.2. The Morgan fingerprint density at radius 3 is 1.28 bits per heavy atom. The summed E-state index contributed by atoms with van der Waals surface area (Å²) in [5.74, 6) is 0. The van der Waals surface area contributed by atoms with Gasteiger partial charge >= 0.3 is 0 Å². The SMILES string of the molecule is Cc1ccc(N(c2ccc(C)cc2)c2ccc(N(c3ccc(C)cc3)c3cc4c(c5ccccc35)-c3cc5c(cc3C4(C)C)-c3ccccc3C5(C)C)cc2)cc1. The molecule has 0 amide bonds. The highest BCUT2D eigenvalue weighted by Gasteiger charge is 2.42. The molecule has 0 saturated carbocycles. The average molecular weight is 737 g/mol. The highest BCUT2D eigenvalue weighted by Crippen LogP contribution is 2.59. The Bertz CT molecular complexity index is 2800. The van der Waals surface area contributed by atoms with Gasteiger partial charge in [0.1, 0.15) is 0 Å². The van der Waals surface area contributed by atoms with Gasteiger partial charge < -0.3 is 9.80 Å². The number of hydrogen-bond donors (Lipinski definition) is 0. The Labute approximate surface area is 337 Å². The Kier molecular flexibility index (Phi) is 7.89. The van der Waals surface area contributed by atoms with Crippen molar-refractivity contribution in [2.45, 2.75) is 59.3 Å². The third-order valence-corrected chi connectivity index (χ3v) is 12.8. The van der Waals surface area contributed by atoms with E-state index in [1.807, 2.05) is 0 Å². The van der Waals surface area contributed by atoms with Crippen LogP contribution in [0.15, 0.2) is 164 Å². The number of fused-ring (bicyclic) bond motifs is 8. The van der Waals surface area contributed by atoms with Crippen LogP contribution < -0.4 is 9.80 Å². The van der Waals surface area contributed by atoms with Crippen molar-refractivity contribution in [1.82, 2.24) is 0 Å². The maximum absolute atomic E-state index is 2.54. The molecule has 2 aliphatic carbocycles. The molecule has 8 aromatic carbocycles. The van der Waals surface area contributed by atoms with E-state index in [-0.39, 0.29) is 10.8 Å². The van der Waals surface area contributed by atoms with E-state index in [1.165, 1.54) is 77.7 Å². The number of anilines is 6. The standard InChI is InChI=1S/C55H48N2/c1-35-16-22-38(23-17-35)56(39-24-18-36(2)19-25-39)40-28-30-42(31-29-40)57(41-26-20-37(3)21-27-41)52-34-51-53(45-14-9-8-13-44(45)52)47-33-49-46(32-50(47)55(51,6)7)43-12-10-11-15-48(43)54(49,4)5/h8-34H,1-7H3. The van der Waals surface area contributed by atoms with Crippen molar-refractivity contribution >= 4 is 44.9 Å². The van der Waals surface area contributed by atoms with Gasteiger partial charge in [0.15, 0.2) is 0 Å². The van der Waals surface area contributed by atoms with Crippen molar-refractivity contribution in [3.05, 3.63) is 203 Å². The largest absolute Gasteiger partial charge is 0.311 e. The predicted octanol–water partition coefficient (Wildman–Crippen LogP) is 15.3. The summed E-state index contributed by atoms with van der Waals surface area (Å²) in [6, 6.07) is 61.3. The van der Waals surface area contributed by atoms with Gasteiger partial charge in [-0.2, -0.15) is 0 Å². The van der Waals surface area contributed by atoms with Gasteiger partial charge in [0, 0.05) is 44.7 Å². The van der Waals surface area contributed by atoms with Crippen molar-refractivity contribution < 1.29 is 0 Å². The molecular weight excluding hydrogens is 689 g/mol. The smallest absolute Gasteiger partial charge is 0.0543 e. The highest BCUT2D eigenvalue weighted by atomic mass is 15.2. The lowest BCUT2D eigenvalue weighted by Gasteiger charge is -2.31. The van der Waals surface area contributed by atoms with E-state index in [2.05, 4.69) is 222 Å². The number of rotatable bonds is 6. The third-order valence-electron chi connectivity index (χ3n) is 12.8. The van der Waals surface area contributed by atoms with Crippen LogP contribution in [0.3, 0.4) is 0 Å². The molecule has 0 heterocycles. The van der Waals surface area contributed by atoms with Crippen LogP contribution in [0.25, 0.3) is 33.0 Å². The summed E-state index contributed by atoms with van der Waals surface area (Å²) < 4.78 is 0. The predicted molar refractivity (Wildman–Crippen MR) is 243 cm³/mol. The quantitative estimate of drug-likeness (QED) is 0.168. The summed E-state index contributed by atoms with van der Waals surface area (Å²) in [6.45, 7) is 16.1. The molecule has 0 N–H and O–H groups in total. The first-order valence-corrected chi connectivity index (χ1v) is 20.3. The molecule has 2 nitrogen and oxygen atoms in total. The molecule has 0 atom stereocenters. The zero-order valence-electron chi connectivity index (χ0n) is 34.0. The maximum Gasteiger partial charge on any atom is 0.0543 e. The Balaban J connectivity index is 1.15. The summed E-state index contributed by atoms with van der Waals surface area (Å²) >= 11 is 0. The molecule has 0 bridgehead atoms. The zero-order valence-corrected chi connectivity index (χ0v) is 34.0. The van der Waals surface area contributed by atoms with Crippen molar-refractivity contribution in [1.29, 1.82) is 0 Å². The van der Waals surface area contributed by atoms with Crippen LogP contribution >= 0.6 is 0 Å².